The summed E-state index contributed by atoms with van der Waals surface area (Å²) in [7, 11) is 0. The topological polar surface area (TPSA) is 83.2 Å². The Labute approximate surface area is 126 Å². The van der Waals surface area contributed by atoms with Gasteiger partial charge in [-0.25, -0.2) is 10.8 Å². The van der Waals surface area contributed by atoms with Gasteiger partial charge in [0.25, 0.3) is 0 Å². The van der Waals surface area contributed by atoms with Crippen molar-refractivity contribution in [2.75, 3.05) is 17.3 Å². The van der Waals surface area contributed by atoms with Crippen LogP contribution in [0.4, 0.5) is 11.6 Å². The maximum absolute atomic E-state index is 9.51. The van der Waals surface area contributed by atoms with E-state index in [1.54, 1.807) is 0 Å². The Morgan fingerprint density at radius 1 is 1.15 bits per heavy atom. The molecule has 0 aliphatic heterocycles. The summed E-state index contributed by atoms with van der Waals surface area (Å²) in [4.78, 5) is 4.18. The Hall–Kier alpha value is -1.53. The van der Waals surface area contributed by atoms with E-state index in [1.807, 2.05) is 30.3 Å². The number of nitrogens with zero attached hydrogens (tertiary/aromatic N) is 1. The van der Waals surface area contributed by atoms with Crippen molar-refractivity contribution in [3.63, 3.8) is 0 Å². The van der Waals surface area contributed by atoms with E-state index >= 15 is 0 Å². The Morgan fingerprint density at radius 2 is 1.80 bits per heavy atom. The molecule has 0 amide bonds. The molecule has 1 heterocycles. The van der Waals surface area contributed by atoms with E-state index in [0.29, 0.717) is 21.7 Å². The van der Waals surface area contributed by atoms with Crippen LogP contribution in [0.3, 0.4) is 0 Å². The van der Waals surface area contributed by atoms with Crippen LogP contribution in [0.15, 0.2) is 36.4 Å². The predicted octanol–water partition coefficient (Wildman–Crippen LogP) is 2.82. The molecule has 20 heavy (non-hydrogen) atoms. The van der Waals surface area contributed by atoms with Gasteiger partial charge in [0.05, 0.1) is 22.7 Å². The van der Waals surface area contributed by atoms with Crippen LogP contribution in [0.1, 0.15) is 11.6 Å². The largest absolute Gasteiger partial charge is 0.394 e. The first kappa shape index (κ1) is 14.9. The number of aliphatic hydroxyl groups excluding tert-OH is 1. The lowest BCUT2D eigenvalue weighted by atomic mass is 10.1. The summed E-state index contributed by atoms with van der Waals surface area (Å²) in [5.74, 6) is 6.03. The van der Waals surface area contributed by atoms with Crippen LogP contribution in [0, 0.1) is 0 Å². The number of hydrogen-bond donors (Lipinski definition) is 4. The molecule has 5 N–H and O–H groups in total. The second-order valence-corrected chi connectivity index (χ2v) is 4.90. The Morgan fingerprint density at radius 3 is 2.40 bits per heavy atom. The van der Waals surface area contributed by atoms with Gasteiger partial charge in [-0.15, -0.1) is 0 Å². The van der Waals surface area contributed by atoms with E-state index in [9.17, 15) is 5.11 Å². The highest BCUT2D eigenvalue weighted by molar-refractivity contribution is 6.37. The minimum Gasteiger partial charge on any atom is -0.394 e. The van der Waals surface area contributed by atoms with Gasteiger partial charge in [-0.05, 0) is 11.6 Å². The summed E-state index contributed by atoms with van der Waals surface area (Å²) in [6.07, 6.45) is 0. The van der Waals surface area contributed by atoms with Crippen molar-refractivity contribution >= 4 is 34.8 Å². The van der Waals surface area contributed by atoms with E-state index in [-0.39, 0.29) is 12.6 Å². The third-order valence-corrected chi connectivity index (χ3v) is 3.34. The van der Waals surface area contributed by atoms with Crippen LogP contribution < -0.4 is 16.6 Å². The standard InChI is InChI=1S/C13H14Cl2N4O/c14-9-6-10(15)13(19-16)18-12(9)17-11(7-20)8-4-2-1-3-5-8/h1-6,11,20H,7,16H2,(H2,17,18,19). The maximum atomic E-state index is 9.51. The van der Waals surface area contributed by atoms with E-state index in [2.05, 4.69) is 15.7 Å². The van der Waals surface area contributed by atoms with Crippen LogP contribution in [0.25, 0.3) is 0 Å². The summed E-state index contributed by atoms with van der Waals surface area (Å²) < 4.78 is 0. The third-order valence-electron chi connectivity index (χ3n) is 2.76. The van der Waals surface area contributed by atoms with E-state index in [0.717, 1.165) is 5.56 Å². The Bertz CT molecular complexity index is 580. The van der Waals surface area contributed by atoms with Crippen molar-refractivity contribution in [3.8, 4) is 0 Å². The van der Waals surface area contributed by atoms with Crippen molar-refractivity contribution in [1.29, 1.82) is 0 Å². The monoisotopic (exact) mass is 312 g/mol. The van der Waals surface area contributed by atoms with Gasteiger partial charge in [0, 0.05) is 0 Å². The van der Waals surface area contributed by atoms with Crippen LogP contribution in [-0.2, 0) is 0 Å². The molecule has 106 valence electrons. The first-order chi connectivity index (χ1) is 9.65. The summed E-state index contributed by atoms with van der Waals surface area (Å²) in [6.45, 7) is -0.101. The number of halogens is 2. The number of aromatic nitrogens is 1. The van der Waals surface area contributed by atoms with Crippen molar-refractivity contribution in [1.82, 2.24) is 4.98 Å². The summed E-state index contributed by atoms with van der Waals surface area (Å²) in [6, 6.07) is 10.7. The van der Waals surface area contributed by atoms with Gasteiger partial charge in [0.2, 0.25) is 0 Å². The lowest BCUT2D eigenvalue weighted by Crippen LogP contribution is -2.17. The van der Waals surface area contributed by atoms with Gasteiger partial charge >= 0.3 is 0 Å². The van der Waals surface area contributed by atoms with Gasteiger partial charge in [0.1, 0.15) is 5.82 Å². The predicted molar refractivity (Wildman–Crippen MR) is 82.0 cm³/mol. The van der Waals surface area contributed by atoms with Gasteiger partial charge in [-0.2, -0.15) is 0 Å². The van der Waals surface area contributed by atoms with Crippen LogP contribution in [-0.4, -0.2) is 16.7 Å². The molecule has 0 aliphatic rings. The lowest BCUT2D eigenvalue weighted by Gasteiger charge is -2.19. The average Bonchev–Trinajstić information content (AvgIpc) is 2.47. The SMILES string of the molecule is NNc1nc(NC(CO)c2ccccc2)c(Cl)cc1Cl. The van der Waals surface area contributed by atoms with Gasteiger partial charge < -0.3 is 15.8 Å². The minimum atomic E-state index is -0.326. The zero-order valence-corrected chi connectivity index (χ0v) is 12.0. The van der Waals surface area contributed by atoms with E-state index in [4.69, 9.17) is 29.0 Å². The first-order valence-corrected chi connectivity index (χ1v) is 6.66. The van der Waals surface area contributed by atoms with Gasteiger partial charge in [-0.1, -0.05) is 53.5 Å². The first-order valence-electron chi connectivity index (χ1n) is 5.90. The number of hydrogen-bond acceptors (Lipinski definition) is 5. The number of anilines is 2. The van der Waals surface area contributed by atoms with Crippen molar-refractivity contribution < 1.29 is 5.11 Å². The molecule has 5 nitrogen and oxygen atoms in total. The molecule has 0 spiro atoms. The highest BCUT2D eigenvalue weighted by atomic mass is 35.5. The molecule has 1 atom stereocenters. The molecule has 1 unspecified atom stereocenters. The number of nitrogen functional groups attached to an aromatic ring is 1. The number of hydrazine groups is 1. The molecule has 1 aromatic carbocycles. The maximum Gasteiger partial charge on any atom is 0.161 e. The van der Waals surface area contributed by atoms with Gasteiger partial charge in [0.15, 0.2) is 5.82 Å². The third kappa shape index (κ3) is 3.32. The number of aliphatic hydroxyl groups is 1. The second-order valence-electron chi connectivity index (χ2n) is 4.08. The number of benzene rings is 1. The smallest absolute Gasteiger partial charge is 0.161 e. The lowest BCUT2D eigenvalue weighted by molar-refractivity contribution is 0.276. The Balaban J connectivity index is 2.28. The van der Waals surface area contributed by atoms with Gasteiger partial charge in [-0.3, -0.25) is 0 Å². The van der Waals surface area contributed by atoms with E-state index in [1.165, 1.54) is 6.07 Å². The van der Waals surface area contributed by atoms with Crippen LogP contribution in [0.2, 0.25) is 10.0 Å². The number of nitrogens with two attached hydrogens (primary N) is 1. The van der Waals surface area contributed by atoms with Crippen molar-refractivity contribution in [3.05, 3.63) is 52.0 Å². The quantitative estimate of drug-likeness (QED) is 0.504. The fraction of sp³-hybridized carbons (Fsp3) is 0.154. The summed E-state index contributed by atoms with van der Waals surface area (Å²) >= 11 is 12.0. The molecule has 0 fully saturated rings. The molecule has 7 heteroatoms. The minimum absolute atomic E-state index is 0.101. The fourth-order valence-electron chi connectivity index (χ4n) is 1.75. The molecule has 2 aromatic rings. The molecular weight excluding hydrogens is 299 g/mol. The molecule has 0 aliphatic carbocycles. The van der Waals surface area contributed by atoms with Crippen molar-refractivity contribution in [2.24, 2.45) is 5.84 Å². The zero-order chi connectivity index (χ0) is 14.5. The highest BCUT2D eigenvalue weighted by Crippen LogP contribution is 2.30. The molecule has 0 bridgehead atoms. The summed E-state index contributed by atoms with van der Waals surface area (Å²) in [5, 5.41) is 13.3. The molecule has 0 saturated heterocycles. The zero-order valence-electron chi connectivity index (χ0n) is 10.5. The molecular formula is C13H14Cl2N4O. The fourth-order valence-corrected chi connectivity index (χ4v) is 2.22. The Kier molecular flexibility index (Phi) is 5.03. The van der Waals surface area contributed by atoms with E-state index < -0.39 is 0 Å². The van der Waals surface area contributed by atoms with Crippen LogP contribution >= 0.6 is 23.2 Å². The van der Waals surface area contributed by atoms with Crippen LogP contribution in [0.5, 0.6) is 0 Å². The molecule has 2 rings (SSSR count). The highest BCUT2D eigenvalue weighted by Gasteiger charge is 2.14. The second kappa shape index (κ2) is 6.76. The molecule has 0 radical (unpaired) electrons. The molecule has 1 aromatic heterocycles. The van der Waals surface area contributed by atoms with Crippen molar-refractivity contribution in [2.45, 2.75) is 6.04 Å². The number of rotatable bonds is 5. The number of pyridine rings is 1. The normalized spacial score (nSPS) is 12.0. The average molecular weight is 313 g/mol. The summed E-state index contributed by atoms with van der Waals surface area (Å²) in [5.41, 5.74) is 3.31. The molecule has 0 saturated carbocycles. The number of nitrogens with one attached hydrogen (secondary N) is 2.